The first-order valence-corrected chi connectivity index (χ1v) is 10.3. The maximum absolute atomic E-state index is 12.6. The number of fused-ring (bicyclic) bond motifs is 1. The van der Waals surface area contributed by atoms with Crippen molar-refractivity contribution in [3.63, 3.8) is 0 Å². The Labute approximate surface area is 179 Å². The fourth-order valence-corrected chi connectivity index (χ4v) is 3.54. The first-order chi connectivity index (χ1) is 14.5. The quantitative estimate of drug-likeness (QED) is 0.739. The average Bonchev–Trinajstić information content (AvgIpc) is 3.55. The lowest BCUT2D eigenvalue weighted by Crippen LogP contribution is -2.38. The molecule has 0 atom stereocenters. The molecule has 1 heterocycles. The van der Waals surface area contributed by atoms with Gasteiger partial charge in [-0.25, -0.2) is 0 Å². The monoisotopic (exact) mass is 427 g/mol. The van der Waals surface area contributed by atoms with Crippen molar-refractivity contribution in [1.82, 2.24) is 5.32 Å². The third-order valence-electron chi connectivity index (χ3n) is 5.01. The van der Waals surface area contributed by atoms with Gasteiger partial charge in [0.1, 0.15) is 12.4 Å². The van der Waals surface area contributed by atoms with Crippen LogP contribution < -0.4 is 20.3 Å². The summed E-state index contributed by atoms with van der Waals surface area (Å²) in [6.07, 6.45) is 2.11. The second-order valence-corrected chi connectivity index (χ2v) is 7.76. The van der Waals surface area contributed by atoms with E-state index in [-0.39, 0.29) is 41.6 Å². The van der Waals surface area contributed by atoms with Gasteiger partial charge in [-0.3, -0.25) is 14.4 Å². The summed E-state index contributed by atoms with van der Waals surface area (Å²) in [4.78, 5) is 38.7. The Morgan fingerprint density at radius 2 is 1.90 bits per heavy atom. The Kier molecular flexibility index (Phi) is 5.90. The van der Waals surface area contributed by atoms with Crippen LogP contribution >= 0.6 is 11.6 Å². The highest BCUT2D eigenvalue weighted by Crippen LogP contribution is 2.31. The third-order valence-corrected chi connectivity index (χ3v) is 5.32. The minimum absolute atomic E-state index is 0.0416. The van der Waals surface area contributed by atoms with Gasteiger partial charge in [0, 0.05) is 24.6 Å². The molecular weight excluding hydrogens is 406 g/mol. The lowest BCUT2D eigenvalue weighted by molar-refractivity contribution is -0.122. The molecule has 1 fully saturated rings. The molecule has 0 bridgehead atoms. The van der Waals surface area contributed by atoms with Gasteiger partial charge in [-0.15, -0.1) is 0 Å². The smallest absolute Gasteiger partial charge is 0.253 e. The van der Waals surface area contributed by atoms with Gasteiger partial charge in [0.15, 0.2) is 0 Å². The van der Waals surface area contributed by atoms with Crippen molar-refractivity contribution in [3.05, 3.63) is 53.1 Å². The molecule has 1 aliphatic carbocycles. The van der Waals surface area contributed by atoms with E-state index in [0.29, 0.717) is 30.2 Å². The number of carbonyl (C=O) groups is 3. The Bertz CT molecular complexity index is 990. The van der Waals surface area contributed by atoms with Crippen molar-refractivity contribution >= 4 is 40.7 Å². The Hall–Kier alpha value is -3.06. The van der Waals surface area contributed by atoms with E-state index in [2.05, 4.69) is 10.6 Å². The Balaban J connectivity index is 1.31. The van der Waals surface area contributed by atoms with Gasteiger partial charge in [0.2, 0.25) is 11.8 Å². The number of para-hydroxylation sites is 2. The van der Waals surface area contributed by atoms with Gasteiger partial charge >= 0.3 is 0 Å². The summed E-state index contributed by atoms with van der Waals surface area (Å²) in [5.74, 6) is 0.0286. The van der Waals surface area contributed by atoms with Crippen LogP contribution in [0.5, 0.6) is 5.75 Å². The highest BCUT2D eigenvalue weighted by atomic mass is 35.5. The van der Waals surface area contributed by atoms with Crippen molar-refractivity contribution in [2.24, 2.45) is 0 Å². The van der Waals surface area contributed by atoms with Gasteiger partial charge in [-0.1, -0.05) is 23.7 Å². The van der Waals surface area contributed by atoms with Crippen molar-refractivity contribution in [2.75, 3.05) is 23.4 Å². The number of halogens is 1. The normalized spacial score (nSPS) is 15.0. The number of benzene rings is 2. The number of hydrogen-bond acceptors (Lipinski definition) is 4. The van der Waals surface area contributed by atoms with E-state index in [9.17, 15) is 14.4 Å². The summed E-state index contributed by atoms with van der Waals surface area (Å²) >= 11 is 6.20. The number of nitrogens with zero attached hydrogens (tertiary/aromatic N) is 1. The molecule has 7 nitrogen and oxygen atoms in total. The zero-order valence-electron chi connectivity index (χ0n) is 16.3. The summed E-state index contributed by atoms with van der Waals surface area (Å²) in [7, 11) is 0. The number of anilines is 2. The van der Waals surface area contributed by atoms with Crippen molar-refractivity contribution < 1.29 is 19.1 Å². The molecule has 30 heavy (non-hydrogen) atoms. The predicted octanol–water partition coefficient (Wildman–Crippen LogP) is 3.38. The molecule has 0 saturated heterocycles. The molecule has 156 valence electrons. The maximum atomic E-state index is 12.6. The van der Waals surface area contributed by atoms with E-state index in [1.165, 1.54) is 0 Å². The van der Waals surface area contributed by atoms with Crippen LogP contribution in [-0.2, 0) is 9.59 Å². The van der Waals surface area contributed by atoms with E-state index in [4.69, 9.17) is 16.3 Å². The Morgan fingerprint density at radius 3 is 2.67 bits per heavy atom. The number of hydrogen-bond donors (Lipinski definition) is 2. The molecule has 0 aromatic heterocycles. The average molecular weight is 428 g/mol. The van der Waals surface area contributed by atoms with Crippen LogP contribution in [0.1, 0.15) is 36.0 Å². The molecule has 4 rings (SSSR count). The minimum Gasteiger partial charge on any atom is -0.490 e. The second-order valence-electron chi connectivity index (χ2n) is 7.35. The highest BCUT2D eigenvalue weighted by Gasteiger charge is 2.25. The zero-order chi connectivity index (χ0) is 21.1. The van der Waals surface area contributed by atoms with E-state index in [1.807, 2.05) is 24.3 Å². The van der Waals surface area contributed by atoms with Crippen molar-refractivity contribution in [1.29, 1.82) is 0 Å². The van der Waals surface area contributed by atoms with Crippen LogP contribution in [0.2, 0.25) is 5.02 Å². The molecule has 2 N–H and O–H groups in total. The van der Waals surface area contributed by atoms with E-state index in [0.717, 1.165) is 18.5 Å². The van der Waals surface area contributed by atoms with Gasteiger partial charge < -0.3 is 20.3 Å². The van der Waals surface area contributed by atoms with Gasteiger partial charge in [0.25, 0.3) is 5.91 Å². The largest absolute Gasteiger partial charge is 0.490 e. The van der Waals surface area contributed by atoms with Gasteiger partial charge in [-0.2, -0.15) is 0 Å². The van der Waals surface area contributed by atoms with Gasteiger partial charge in [-0.05, 0) is 43.2 Å². The highest BCUT2D eigenvalue weighted by molar-refractivity contribution is 6.34. The van der Waals surface area contributed by atoms with Crippen molar-refractivity contribution in [3.8, 4) is 5.75 Å². The third kappa shape index (κ3) is 4.74. The molecular formula is C22H22ClN3O4. The zero-order valence-corrected chi connectivity index (χ0v) is 17.1. The number of carbonyl (C=O) groups excluding carboxylic acids is 3. The Morgan fingerprint density at radius 1 is 1.10 bits per heavy atom. The van der Waals surface area contributed by atoms with Crippen LogP contribution in [0, 0.1) is 0 Å². The molecule has 1 saturated carbocycles. The first kappa shape index (κ1) is 20.2. The lowest BCUT2D eigenvalue weighted by atomic mass is 10.1. The number of rotatable bonds is 6. The number of amides is 3. The van der Waals surface area contributed by atoms with Crippen LogP contribution in [-0.4, -0.2) is 36.9 Å². The predicted molar refractivity (Wildman–Crippen MR) is 114 cm³/mol. The van der Waals surface area contributed by atoms with Crippen LogP contribution in [0.15, 0.2) is 42.5 Å². The summed E-state index contributed by atoms with van der Waals surface area (Å²) in [5.41, 5.74) is 1.58. The van der Waals surface area contributed by atoms with Crippen LogP contribution in [0.3, 0.4) is 0 Å². The SMILES string of the molecule is O=C(CCC(=O)N1CCOc2ccccc21)Nc1ccc(C(=O)NC2CC2)c(Cl)c1. The molecule has 0 radical (unpaired) electrons. The molecule has 0 unspecified atom stereocenters. The molecule has 2 aliphatic rings. The molecule has 2 aromatic rings. The van der Waals surface area contributed by atoms with E-state index in [1.54, 1.807) is 23.1 Å². The maximum Gasteiger partial charge on any atom is 0.253 e. The fraction of sp³-hybridized carbons (Fsp3) is 0.318. The standard InChI is InChI=1S/C22H22ClN3O4/c23-17-13-15(7-8-16(17)22(29)25-14-5-6-14)24-20(27)9-10-21(28)26-11-12-30-19-4-2-1-3-18(19)26/h1-4,7-8,13-14H,5-6,9-12H2,(H,24,27)(H,25,29). The molecule has 0 spiro atoms. The van der Waals surface area contributed by atoms with E-state index >= 15 is 0 Å². The molecule has 1 aliphatic heterocycles. The summed E-state index contributed by atoms with van der Waals surface area (Å²) < 4.78 is 5.56. The molecule has 3 amide bonds. The number of ether oxygens (including phenoxy) is 1. The van der Waals surface area contributed by atoms with Gasteiger partial charge in [0.05, 0.1) is 22.8 Å². The lowest BCUT2D eigenvalue weighted by Gasteiger charge is -2.29. The first-order valence-electron chi connectivity index (χ1n) is 9.94. The topological polar surface area (TPSA) is 87.7 Å². The molecule has 8 heteroatoms. The fourth-order valence-electron chi connectivity index (χ4n) is 3.28. The summed E-state index contributed by atoms with van der Waals surface area (Å²) in [6, 6.07) is 12.3. The summed E-state index contributed by atoms with van der Waals surface area (Å²) in [6.45, 7) is 0.881. The molecule has 2 aromatic carbocycles. The summed E-state index contributed by atoms with van der Waals surface area (Å²) in [5, 5.41) is 5.88. The van der Waals surface area contributed by atoms with Crippen LogP contribution in [0.25, 0.3) is 0 Å². The van der Waals surface area contributed by atoms with Crippen LogP contribution in [0.4, 0.5) is 11.4 Å². The van der Waals surface area contributed by atoms with E-state index < -0.39 is 0 Å². The minimum atomic E-state index is -0.295. The second kappa shape index (κ2) is 8.75. The number of nitrogens with one attached hydrogen (secondary N) is 2. The van der Waals surface area contributed by atoms with Crippen molar-refractivity contribution in [2.45, 2.75) is 31.7 Å².